The summed E-state index contributed by atoms with van der Waals surface area (Å²) in [7, 11) is 1.60. The predicted octanol–water partition coefficient (Wildman–Crippen LogP) is 2.94. The summed E-state index contributed by atoms with van der Waals surface area (Å²) in [6, 6.07) is 6.68. The fourth-order valence-corrected chi connectivity index (χ4v) is 2.13. The average molecular weight is 265 g/mol. The van der Waals surface area contributed by atoms with Gasteiger partial charge in [-0.3, -0.25) is 9.69 Å². The smallest absolute Gasteiger partial charge is 0.325 e. The molecular weight excluding hydrogens is 242 g/mol. The first-order chi connectivity index (χ1) is 9.13. The van der Waals surface area contributed by atoms with Crippen molar-refractivity contribution in [2.24, 2.45) is 0 Å². The van der Waals surface area contributed by atoms with Crippen molar-refractivity contribution >= 4 is 5.97 Å². The fraction of sp³-hybridized carbons (Fsp3) is 0.533. The number of nitrogens with zero attached hydrogens (tertiary/aromatic N) is 1. The highest BCUT2D eigenvalue weighted by atomic mass is 16.5. The number of carboxylic acid groups (broad SMARTS) is 1. The van der Waals surface area contributed by atoms with Crippen LogP contribution in [-0.4, -0.2) is 36.2 Å². The van der Waals surface area contributed by atoms with Crippen LogP contribution in [0.2, 0.25) is 0 Å². The molecule has 0 aliphatic carbocycles. The lowest BCUT2D eigenvalue weighted by Crippen LogP contribution is -2.34. The zero-order valence-corrected chi connectivity index (χ0v) is 11.9. The molecule has 0 aliphatic heterocycles. The summed E-state index contributed by atoms with van der Waals surface area (Å²) in [4.78, 5) is 13.5. The van der Waals surface area contributed by atoms with Crippen molar-refractivity contribution in [3.8, 4) is 5.75 Å². The third-order valence-electron chi connectivity index (χ3n) is 3.24. The third-order valence-corrected chi connectivity index (χ3v) is 3.24. The van der Waals surface area contributed by atoms with Crippen LogP contribution in [0.5, 0.6) is 5.75 Å². The first kappa shape index (κ1) is 15.5. The van der Waals surface area contributed by atoms with Gasteiger partial charge in [-0.15, -0.1) is 0 Å². The van der Waals surface area contributed by atoms with E-state index in [4.69, 9.17) is 4.74 Å². The first-order valence-electron chi connectivity index (χ1n) is 6.74. The van der Waals surface area contributed by atoms with E-state index in [0.29, 0.717) is 0 Å². The molecule has 1 rings (SSSR count). The maximum atomic E-state index is 11.5. The van der Waals surface area contributed by atoms with Gasteiger partial charge in [-0.2, -0.15) is 0 Å². The topological polar surface area (TPSA) is 49.8 Å². The monoisotopic (exact) mass is 265 g/mol. The molecule has 4 nitrogen and oxygen atoms in total. The van der Waals surface area contributed by atoms with E-state index >= 15 is 0 Å². The van der Waals surface area contributed by atoms with E-state index in [1.165, 1.54) is 0 Å². The minimum absolute atomic E-state index is 0.581. The summed E-state index contributed by atoms with van der Waals surface area (Å²) < 4.78 is 5.10. The number of hydrogen-bond acceptors (Lipinski definition) is 3. The van der Waals surface area contributed by atoms with Crippen molar-refractivity contribution < 1.29 is 14.6 Å². The van der Waals surface area contributed by atoms with Crippen molar-refractivity contribution in [2.75, 3.05) is 20.2 Å². The molecule has 0 fully saturated rings. The number of ether oxygens (including phenoxy) is 1. The molecule has 106 valence electrons. The minimum atomic E-state index is -0.803. The van der Waals surface area contributed by atoms with Crippen LogP contribution < -0.4 is 4.74 Å². The molecule has 0 bridgehead atoms. The van der Waals surface area contributed by atoms with Crippen LogP contribution in [0.15, 0.2) is 24.3 Å². The second-order valence-electron chi connectivity index (χ2n) is 4.50. The largest absolute Gasteiger partial charge is 0.497 e. The van der Waals surface area contributed by atoms with Gasteiger partial charge in [0.25, 0.3) is 0 Å². The van der Waals surface area contributed by atoms with E-state index < -0.39 is 12.0 Å². The summed E-state index contributed by atoms with van der Waals surface area (Å²) in [5.74, 6) is -0.0624. The Morgan fingerprint density at radius 3 is 2.37 bits per heavy atom. The van der Waals surface area contributed by atoms with Crippen molar-refractivity contribution in [3.05, 3.63) is 29.8 Å². The Morgan fingerprint density at radius 1 is 1.32 bits per heavy atom. The van der Waals surface area contributed by atoms with Crippen molar-refractivity contribution in [1.82, 2.24) is 4.90 Å². The molecule has 1 atom stereocenters. The zero-order valence-electron chi connectivity index (χ0n) is 11.9. The molecule has 0 radical (unpaired) electrons. The van der Waals surface area contributed by atoms with Gasteiger partial charge in [-0.05, 0) is 37.2 Å². The van der Waals surface area contributed by atoms with E-state index in [2.05, 4.69) is 6.92 Å². The molecule has 0 aliphatic rings. The van der Waals surface area contributed by atoms with Gasteiger partial charge in [0.05, 0.1) is 7.11 Å². The Morgan fingerprint density at radius 2 is 1.95 bits per heavy atom. The number of hydrogen-bond donors (Lipinski definition) is 1. The second-order valence-corrected chi connectivity index (χ2v) is 4.50. The van der Waals surface area contributed by atoms with Gasteiger partial charge in [0, 0.05) is 0 Å². The Hall–Kier alpha value is -1.55. The predicted molar refractivity (Wildman–Crippen MR) is 75.5 cm³/mol. The van der Waals surface area contributed by atoms with Crippen molar-refractivity contribution in [3.63, 3.8) is 0 Å². The van der Waals surface area contributed by atoms with E-state index in [-0.39, 0.29) is 0 Å². The van der Waals surface area contributed by atoms with Gasteiger partial charge in [-0.25, -0.2) is 0 Å². The zero-order chi connectivity index (χ0) is 14.3. The second kappa shape index (κ2) is 7.79. The van der Waals surface area contributed by atoms with Gasteiger partial charge >= 0.3 is 5.97 Å². The molecule has 0 saturated carbocycles. The normalized spacial score (nSPS) is 12.4. The van der Waals surface area contributed by atoms with Crippen LogP contribution in [0, 0.1) is 0 Å². The summed E-state index contributed by atoms with van der Waals surface area (Å²) in [5, 5.41) is 9.48. The summed E-state index contributed by atoms with van der Waals surface area (Å²) in [5.41, 5.74) is 0.797. The van der Waals surface area contributed by atoms with Crippen LogP contribution in [0.25, 0.3) is 0 Å². The fourth-order valence-electron chi connectivity index (χ4n) is 2.13. The Kier molecular flexibility index (Phi) is 6.36. The first-order valence-corrected chi connectivity index (χ1v) is 6.74. The van der Waals surface area contributed by atoms with Gasteiger partial charge in [0.1, 0.15) is 11.8 Å². The summed E-state index contributed by atoms with van der Waals surface area (Å²) in [6.07, 6.45) is 2.07. The van der Waals surface area contributed by atoms with E-state index in [1.54, 1.807) is 19.2 Å². The molecule has 0 saturated heterocycles. The number of benzene rings is 1. The van der Waals surface area contributed by atoms with Crippen LogP contribution >= 0.6 is 0 Å². The third kappa shape index (κ3) is 4.24. The van der Waals surface area contributed by atoms with Crippen molar-refractivity contribution in [1.29, 1.82) is 0 Å². The molecule has 19 heavy (non-hydrogen) atoms. The maximum Gasteiger partial charge on any atom is 0.325 e. The standard InChI is InChI=1S/C15H23NO3/c1-4-6-11-16(5-2)14(15(17)18)12-7-9-13(19-3)10-8-12/h7-10,14H,4-6,11H2,1-3H3,(H,17,18). The molecule has 1 unspecified atom stereocenters. The average Bonchev–Trinajstić information content (AvgIpc) is 2.43. The molecule has 4 heteroatoms. The number of carboxylic acids is 1. The van der Waals surface area contributed by atoms with E-state index in [1.807, 2.05) is 24.0 Å². The lowest BCUT2D eigenvalue weighted by molar-refractivity contribution is -0.143. The van der Waals surface area contributed by atoms with E-state index in [0.717, 1.165) is 37.2 Å². The SMILES string of the molecule is CCCCN(CC)C(C(=O)O)c1ccc(OC)cc1. The van der Waals surface area contributed by atoms with Crippen LogP contribution in [-0.2, 0) is 4.79 Å². The van der Waals surface area contributed by atoms with E-state index in [9.17, 15) is 9.90 Å². The van der Waals surface area contributed by atoms with Gasteiger partial charge in [-0.1, -0.05) is 32.4 Å². The van der Waals surface area contributed by atoms with Gasteiger partial charge in [0.15, 0.2) is 0 Å². The van der Waals surface area contributed by atoms with Crippen molar-refractivity contribution in [2.45, 2.75) is 32.7 Å². The Labute approximate surface area is 115 Å². The number of methoxy groups -OCH3 is 1. The van der Waals surface area contributed by atoms with Crippen LogP contribution in [0.4, 0.5) is 0 Å². The molecular formula is C15H23NO3. The summed E-state index contributed by atoms with van der Waals surface area (Å²) >= 11 is 0. The highest BCUT2D eigenvalue weighted by Crippen LogP contribution is 2.23. The highest BCUT2D eigenvalue weighted by Gasteiger charge is 2.25. The molecule has 0 heterocycles. The number of aliphatic carboxylic acids is 1. The quantitative estimate of drug-likeness (QED) is 0.785. The minimum Gasteiger partial charge on any atom is -0.497 e. The lowest BCUT2D eigenvalue weighted by atomic mass is 10.0. The summed E-state index contributed by atoms with van der Waals surface area (Å²) in [6.45, 7) is 5.63. The molecule has 0 aromatic heterocycles. The molecule has 0 amide bonds. The number of rotatable bonds is 8. The lowest BCUT2D eigenvalue weighted by Gasteiger charge is -2.27. The molecule has 1 aromatic carbocycles. The molecule has 1 N–H and O–H groups in total. The number of likely N-dealkylation sites (N-methyl/N-ethyl adjacent to an activating group) is 1. The number of carbonyl (C=O) groups is 1. The Bertz CT molecular complexity index is 389. The molecule has 0 spiro atoms. The Balaban J connectivity index is 2.93. The van der Waals surface area contributed by atoms with Crippen LogP contribution in [0.3, 0.4) is 0 Å². The van der Waals surface area contributed by atoms with Crippen LogP contribution in [0.1, 0.15) is 38.3 Å². The molecule has 1 aromatic rings. The maximum absolute atomic E-state index is 11.5. The van der Waals surface area contributed by atoms with Gasteiger partial charge in [0.2, 0.25) is 0 Å². The van der Waals surface area contributed by atoms with Gasteiger partial charge < -0.3 is 9.84 Å². The number of unbranched alkanes of at least 4 members (excludes halogenated alkanes) is 1. The highest BCUT2D eigenvalue weighted by molar-refractivity contribution is 5.75.